The third-order valence-electron chi connectivity index (χ3n) is 3.41. The summed E-state index contributed by atoms with van der Waals surface area (Å²) in [5.41, 5.74) is 1.12. The molecule has 5 heteroatoms. The number of carboxylic acids is 1. The molecule has 0 aliphatic carbocycles. The van der Waals surface area contributed by atoms with Crippen molar-refractivity contribution >= 4 is 35.2 Å². The Labute approximate surface area is 122 Å². The van der Waals surface area contributed by atoms with Gasteiger partial charge in [-0.2, -0.15) is 11.8 Å². The van der Waals surface area contributed by atoms with E-state index in [-0.39, 0.29) is 4.75 Å². The Morgan fingerprint density at radius 1 is 1.58 bits per heavy atom. The minimum absolute atomic E-state index is 0.227. The van der Waals surface area contributed by atoms with E-state index in [1.807, 2.05) is 36.2 Å². The number of benzene rings is 1. The third kappa shape index (κ3) is 3.39. The van der Waals surface area contributed by atoms with Crippen molar-refractivity contribution in [2.45, 2.75) is 29.4 Å². The summed E-state index contributed by atoms with van der Waals surface area (Å²) >= 11 is 3.44. The summed E-state index contributed by atoms with van der Waals surface area (Å²) in [5.74, 6) is 0.339. The van der Waals surface area contributed by atoms with Gasteiger partial charge in [0.15, 0.2) is 0 Å². The van der Waals surface area contributed by atoms with Gasteiger partial charge in [0.05, 0.1) is 5.56 Å². The Morgan fingerprint density at radius 3 is 2.95 bits per heavy atom. The van der Waals surface area contributed by atoms with Crippen LogP contribution in [-0.2, 0) is 0 Å². The highest BCUT2D eigenvalue weighted by Gasteiger charge is 2.29. The van der Waals surface area contributed by atoms with Gasteiger partial charge in [-0.1, -0.05) is 6.07 Å². The highest BCUT2D eigenvalue weighted by Crippen LogP contribution is 2.38. The molecule has 1 aromatic rings. The average molecular weight is 297 g/mol. The second-order valence-electron chi connectivity index (χ2n) is 4.94. The number of nitrogens with one attached hydrogen (secondary N) is 1. The summed E-state index contributed by atoms with van der Waals surface area (Å²) in [7, 11) is 0. The molecule has 1 aliphatic heterocycles. The maximum Gasteiger partial charge on any atom is 0.338 e. The standard InChI is InChI=1S/C14H19NO2S2/c1-14(7-4-8-19-14)9-15-10-5-3-6-11(18-2)12(10)13(16)17/h3,5-6,15H,4,7-9H2,1-2H3,(H,16,17). The van der Waals surface area contributed by atoms with Gasteiger partial charge in [-0.15, -0.1) is 11.8 Å². The van der Waals surface area contributed by atoms with Crippen molar-refractivity contribution in [3.05, 3.63) is 23.8 Å². The number of carboxylic acid groups (broad SMARTS) is 1. The lowest BCUT2D eigenvalue weighted by Crippen LogP contribution is -2.27. The fourth-order valence-electron chi connectivity index (χ4n) is 2.33. The highest BCUT2D eigenvalue weighted by atomic mass is 32.2. The third-order valence-corrected chi connectivity index (χ3v) is 5.73. The number of anilines is 1. The Bertz CT molecular complexity index is 471. The molecule has 1 unspecified atom stereocenters. The molecule has 0 radical (unpaired) electrons. The van der Waals surface area contributed by atoms with Crippen molar-refractivity contribution in [2.24, 2.45) is 0 Å². The number of hydrogen-bond donors (Lipinski definition) is 2. The maximum absolute atomic E-state index is 11.4. The van der Waals surface area contributed by atoms with Crippen LogP contribution in [0.15, 0.2) is 23.1 Å². The van der Waals surface area contributed by atoms with E-state index in [4.69, 9.17) is 0 Å². The topological polar surface area (TPSA) is 49.3 Å². The molecule has 1 aliphatic rings. The van der Waals surface area contributed by atoms with Crippen LogP contribution in [0.25, 0.3) is 0 Å². The number of carbonyl (C=O) groups is 1. The maximum atomic E-state index is 11.4. The van der Waals surface area contributed by atoms with Crippen LogP contribution in [-0.4, -0.2) is 34.4 Å². The van der Waals surface area contributed by atoms with Crippen LogP contribution in [0.1, 0.15) is 30.1 Å². The molecule has 1 saturated heterocycles. The van der Waals surface area contributed by atoms with Gasteiger partial charge in [0.2, 0.25) is 0 Å². The molecular weight excluding hydrogens is 278 g/mol. The summed E-state index contributed by atoms with van der Waals surface area (Å²) in [6, 6.07) is 5.61. The van der Waals surface area contributed by atoms with Crippen molar-refractivity contribution in [1.82, 2.24) is 0 Å². The molecule has 0 amide bonds. The van der Waals surface area contributed by atoms with Gasteiger partial charge in [-0.3, -0.25) is 0 Å². The summed E-state index contributed by atoms with van der Waals surface area (Å²) in [5, 5.41) is 12.7. The fourth-order valence-corrected chi connectivity index (χ4v) is 4.19. The van der Waals surface area contributed by atoms with Crippen LogP contribution in [0.5, 0.6) is 0 Å². The summed E-state index contributed by atoms with van der Waals surface area (Å²) in [6.45, 7) is 3.06. The first-order valence-electron chi connectivity index (χ1n) is 6.34. The summed E-state index contributed by atoms with van der Waals surface area (Å²) in [4.78, 5) is 12.2. The van der Waals surface area contributed by atoms with Crippen LogP contribution in [0.2, 0.25) is 0 Å². The van der Waals surface area contributed by atoms with E-state index in [0.29, 0.717) is 5.56 Å². The molecular formula is C14H19NO2S2. The SMILES string of the molecule is CSc1cccc(NCC2(C)CCCS2)c1C(=O)O. The van der Waals surface area contributed by atoms with Crippen LogP contribution in [0, 0.1) is 0 Å². The smallest absolute Gasteiger partial charge is 0.338 e. The van der Waals surface area contributed by atoms with Gasteiger partial charge in [0, 0.05) is 21.9 Å². The monoisotopic (exact) mass is 297 g/mol. The largest absolute Gasteiger partial charge is 0.478 e. The number of aromatic carboxylic acids is 1. The van der Waals surface area contributed by atoms with Crippen LogP contribution in [0.3, 0.4) is 0 Å². The first-order valence-corrected chi connectivity index (χ1v) is 8.55. The molecule has 3 nitrogen and oxygen atoms in total. The Morgan fingerprint density at radius 2 is 2.37 bits per heavy atom. The van der Waals surface area contributed by atoms with Gasteiger partial charge in [0.1, 0.15) is 0 Å². The van der Waals surface area contributed by atoms with E-state index < -0.39 is 5.97 Å². The summed E-state index contributed by atoms with van der Waals surface area (Å²) in [6.07, 6.45) is 4.34. The van der Waals surface area contributed by atoms with Crippen LogP contribution >= 0.6 is 23.5 Å². The molecule has 2 rings (SSSR count). The number of thioether (sulfide) groups is 2. The van der Waals surface area contributed by atoms with E-state index in [2.05, 4.69) is 12.2 Å². The van der Waals surface area contributed by atoms with Crippen molar-refractivity contribution in [2.75, 3.05) is 23.9 Å². The van der Waals surface area contributed by atoms with E-state index in [1.165, 1.54) is 30.4 Å². The lowest BCUT2D eigenvalue weighted by molar-refractivity contribution is 0.0694. The zero-order valence-corrected chi connectivity index (χ0v) is 12.9. The van der Waals surface area contributed by atoms with Crippen molar-refractivity contribution in [1.29, 1.82) is 0 Å². The Balaban J connectivity index is 2.17. The highest BCUT2D eigenvalue weighted by molar-refractivity contribution is 8.00. The molecule has 1 heterocycles. The molecule has 19 heavy (non-hydrogen) atoms. The molecule has 0 spiro atoms. The quantitative estimate of drug-likeness (QED) is 0.810. The van der Waals surface area contributed by atoms with Crippen molar-refractivity contribution in [3.8, 4) is 0 Å². The minimum atomic E-state index is -0.864. The molecule has 104 valence electrons. The molecule has 2 N–H and O–H groups in total. The predicted octanol–water partition coefficient (Wildman–Crippen LogP) is 3.80. The molecule has 1 fully saturated rings. The Hall–Kier alpha value is -0.810. The van der Waals surface area contributed by atoms with Gasteiger partial charge < -0.3 is 10.4 Å². The lowest BCUT2D eigenvalue weighted by atomic mass is 10.1. The first kappa shape index (κ1) is 14.6. The molecule has 1 atom stereocenters. The van der Waals surface area contributed by atoms with Gasteiger partial charge in [-0.05, 0) is 43.9 Å². The molecule has 0 bridgehead atoms. The van der Waals surface area contributed by atoms with E-state index in [1.54, 1.807) is 0 Å². The number of hydrogen-bond acceptors (Lipinski definition) is 4. The lowest BCUT2D eigenvalue weighted by Gasteiger charge is -2.24. The minimum Gasteiger partial charge on any atom is -0.478 e. The van der Waals surface area contributed by atoms with E-state index >= 15 is 0 Å². The average Bonchev–Trinajstić information content (AvgIpc) is 2.83. The van der Waals surface area contributed by atoms with Gasteiger partial charge in [0.25, 0.3) is 0 Å². The van der Waals surface area contributed by atoms with Gasteiger partial charge in [-0.25, -0.2) is 4.79 Å². The van der Waals surface area contributed by atoms with Crippen LogP contribution < -0.4 is 5.32 Å². The molecule has 0 aromatic heterocycles. The zero-order chi connectivity index (χ0) is 13.9. The normalized spacial score (nSPS) is 22.4. The predicted molar refractivity (Wildman–Crippen MR) is 83.8 cm³/mol. The van der Waals surface area contributed by atoms with Crippen LogP contribution in [0.4, 0.5) is 5.69 Å². The second kappa shape index (κ2) is 6.09. The van der Waals surface area contributed by atoms with E-state index in [9.17, 15) is 9.90 Å². The molecule has 0 saturated carbocycles. The Kier molecular flexibility index (Phi) is 4.68. The number of rotatable bonds is 5. The van der Waals surface area contributed by atoms with Crippen molar-refractivity contribution < 1.29 is 9.90 Å². The van der Waals surface area contributed by atoms with Gasteiger partial charge >= 0.3 is 5.97 Å². The van der Waals surface area contributed by atoms with E-state index in [0.717, 1.165) is 17.1 Å². The first-order chi connectivity index (χ1) is 9.06. The summed E-state index contributed by atoms with van der Waals surface area (Å²) < 4.78 is 0.227. The molecule has 1 aromatic carbocycles. The van der Waals surface area contributed by atoms with Crippen molar-refractivity contribution in [3.63, 3.8) is 0 Å². The second-order valence-corrected chi connectivity index (χ2v) is 7.47. The zero-order valence-electron chi connectivity index (χ0n) is 11.2. The fraction of sp³-hybridized carbons (Fsp3) is 0.500.